The van der Waals surface area contributed by atoms with E-state index < -0.39 is 16.0 Å². The number of likely N-dealkylation sites (tertiary alicyclic amines) is 1. The number of carbonyl (C=O) groups excluding carboxylic acids is 1. The summed E-state index contributed by atoms with van der Waals surface area (Å²) < 4.78 is 33.8. The average molecular weight is 263 g/mol. The Morgan fingerprint density at radius 1 is 1.47 bits per heavy atom. The molecule has 2 aliphatic rings. The van der Waals surface area contributed by atoms with Gasteiger partial charge >= 0.3 is 10.2 Å². The van der Waals surface area contributed by atoms with E-state index in [0.29, 0.717) is 25.4 Å². The van der Waals surface area contributed by atoms with Crippen molar-refractivity contribution in [2.24, 2.45) is 17.8 Å². The molecule has 17 heavy (non-hydrogen) atoms. The number of piperidine rings is 1. The van der Waals surface area contributed by atoms with Gasteiger partial charge in [0.05, 0.1) is 5.75 Å². The molecule has 1 amide bonds. The van der Waals surface area contributed by atoms with E-state index in [1.165, 1.54) is 0 Å². The van der Waals surface area contributed by atoms with Gasteiger partial charge in [0, 0.05) is 19.0 Å². The number of halogens is 1. The molecular weight excluding hydrogens is 245 g/mol. The summed E-state index contributed by atoms with van der Waals surface area (Å²) in [6, 6.07) is 0. The van der Waals surface area contributed by atoms with Crippen molar-refractivity contribution in [3.63, 3.8) is 0 Å². The van der Waals surface area contributed by atoms with Gasteiger partial charge in [-0.3, -0.25) is 4.79 Å². The van der Waals surface area contributed by atoms with Crippen LogP contribution in [-0.2, 0) is 15.0 Å². The van der Waals surface area contributed by atoms with Crippen LogP contribution in [0.2, 0.25) is 0 Å². The zero-order valence-corrected chi connectivity index (χ0v) is 10.7. The molecule has 98 valence electrons. The molecule has 3 atom stereocenters. The molecular formula is C11H18FNO3S. The van der Waals surface area contributed by atoms with Gasteiger partial charge in [-0.05, 0) is 31.1 Å². The zero-order valence-electron chi connectivity index (χ0n) is 9.93. The highest BCUT2D eigenvalue weighted by Crippen LogP contribution is 2.39. The zero-order chi connectivity index (χ0) is 12.6. The monoisotopic (exact) mass is 263 g/mol. The number of nitrogens with zero attached hydrogens (tertiary/aromatic N) is 1. The second kappa shape index (κ2) is 4.55. The first-order valence-electron chi connectivity index (χ1n) is 6.08. The fourth-order valence-corrected chi connectivity index (χ4v) is 3.42. The van der Waals surface area contributed by atoms with E-state index in [-0.39, 0.29) is 17.7 Å². The van der Waals surface area contributed by atoms with Crippen molar-refractivity contribution in [2.45, 2.75) is 26.2 Å². The van der Waals surface area contributed by atoms with E-state index in [4.69, 9.17) is 0 Å². The number of hydrogen-bond donors (Lipinski definition) is 0. The van der Waals surface area contributed by atoms with Gasteiger partial charge < -0.3 is 4.90 Å². The minimum atomic E-state index is -4.43. The lowest BCUT2D eigenvalue weighted by Crippen LogP contribution is -2.42. The molecule has 0 aromatic carbocycles. The lowest BCUT2D eigenvalue weighted by molar-refractivity contribution is -0.134. The Morgan fingerprint density at radius 2 is 2.12 bits per heavy atom. The molecule has 2 fully saturated rings. The van der Waals surface area contributed by atoms with Gasteiger partial charge in [-0.1, -0.05) is 6.92 Å². The molecule has 1 aliphatic heterocycles. The molecule has 0 bridgehead atoms. The summed E-state index contributed by atoms with van der Waals surface area (Å²) in [5.41, 5.74) is 0. The molecule has 2 rings (SSSR count). The maximum Gasteiger partial charge on any atom is 0.302 e. The van der Waals surface area contributed by atoms with Crippen LogP contribution in [0.3, 0.4) is 0 Å². The molecule has 4 nitrogen and oxygen atoms in total. The second-order valence-electron chi connectivity index (χ2n) is 5.32. The molecule has 1 heterocycles. The Kier molecular flexibility index (Phi) is 3.43. The van der Waals surface area contributed by atoms with Crippen molar-refractivity contribution in [2.75, 3.05) is 18.8 Å². The van der Waals surface area contributed by atoms with Gasteiger partial charge in [0.25, 0.3) is 0 Å². The van der Waals surface area contributed by atoms with Crippen LogP contribution in [-0.4, -0.2) is 38.1 Å². The smallest absolute Gasteiger partial charge is 0.302 e. The molecule has 6 heteroatoms. The van der Waals surface area contributed by atoms with Crippen molar-refractivity contribution in [1.82, 2.24) is 4.90 Å². The van der Waals surface area contributed by atoms with Crippen molar-refractivity contribution in [1.29, 1.82) is 0 Å². The molecule has 0 N–H and O–H groups in total. The summed E-state index contributed by atoms with van der Waals surface area (Å²) in [5.74, 6) is 0.00974. The maximum absolute atomic E-state index is 12.6. The topological polar surface area (TPSA) is 54.5 Å². The van der Waals surface area contributed by atoms with E-state index in [1.54, 1.807) is 4.90 Å². The lowest BCUT2D eigenvalue weighted by atomic mass is 9.99. The van der Waals surface area contributed by atoms with Gasteiger partial charge in [0.2, 0.25) is 5.91 Å². The first-order valence-corrected chi connectivity index (χ1v) is 7.63. The predicted octanol–water partition coefficient (Wildman–Crippen LogP) is 1.18. The Morgan fingerprint density at radius 3 is 2.65 bits per heavy atom. The maximum atomic E-state index is 12.6. The molecule has 0 aromatic heterocycles. The number of carbonyl (C=O) groups is 1. The van der Waals surface area contributed by atoms with Crippen LogP contribution in [0.4, 0.5) is 3.89 Å². The highest BCUT2D eigenvalue weighted by molar-refractivity contribution is 7.86. The third kappa shape index (κ3) is 3.40. The SMILES string of the molecule is CC1CC1C(=O)N1CCCC(CS(=O)(=O)F)C1. The van der Waals surface area contributed by atoms with Gasteiger partial charge in [0.15, 0.2) is 0 Å². The summed E-state index contributed by atoms with van der Waals surface area (Å²) in [6.45, 7) is 3.12. The van der Waals surface area contributed by atoms with Crippen molar-refractivity contribution < 1.29 is 17.1 Å². The number of rotatable bonds is 3. The molecule has 0 radical (unpaired) electrons. The van der Waals surface area contributed by atoms with Crippen LogP contribution in [0, 0.1) is 17.8 Å². The molecule has 1 saturated heterocycles. The van der Waals surface area contributed by atoms with E-state index in [1.807, 2.05) is 6.92 Å². The first-order chi connectivity index (χ1) is 7.87. The van der Waals surface area contributed by atoms with Gasteiger partial charge in [-0.15, -0.1) is 3.89 Å². The summed E-state index contributed by atoms with van der Waals surface area (Å²) in [6.07, 6.45) is 2.39. The third-order valence-electron chi connectivity index (χ3n) is 3.69. The minimum absolute atomic E-state index is 0.121. The first kappa shape index (κ1) is 12.8. The summed E-state index contributed by atoms with van der Waals surface area (Å²) >= 11 is 0. The van der Waals surface area contributed by atoms with Crippen LogP contribution in [0.5, 0.6) is 0 Å². The normalized spacial score (nSPS) is 33.5. The predicted molar refractivity (Wildman–Crippen MR) is 61.5 cm³/mol. The third-order valence-corrected chi connectivity index (χ3v) is 4.56. The molecule has 1 saturated carbocycles. The van der Waals surface area contributed by atoms with Crippen LogP contribution >= 0.6 is 0 Å². The van der Waals surface area contributed by atoms with Gasteiger partial charge in [-0.25, -0.2) is 0 Å². The highest BCUT2D eigenvalue weighted by atomic mass is 32.3. The summed E-state index contributed by atoms with van der Waals surface area (Å²) in [7, 11) is -4.43. The fourth-order valence-electron chi connectivity index (χ4n) is 2.58. The highest BCUT2D eigenvalue weighted by Gasteiger charge is 2.42. The standard InChI is InChI=1S/C11H18FNO3S/c1-8-5-10(8)11(14)13-4-2-3-9(6-13)7-17(12,15)16/h8-10H,2-7H2,1H3. The van der Waals surface area contributed by atoms with Crippen molar-refractivity contribution >= 4 is 16.1 Å². The largest absolute Gasteiger partial charge is 0.342 e. The Bertz CT molecular complexity index is 409. The quantitative estimate of drug-likeness (QED) is 0.718. The number of amides is 1. The van der Waals surface area contributed by atoms with Crippen molar-refractivity contribution in [3.05, 3.63) is 0 Å². The molecule has 0 spiro atoms. The van der Waals surface area contributed by atoms with Gasteiger partial charge in [0.1, 0.15) is 0 Å². The summed E-state index contributed by atoms with van der Waals surface area (Å²) in [4.78, 5) is 13.7. The van der Waals surface area contributed by atoms with Crippen LogP contribution in [0.15, 0.2) is 0 Å². The Labute approximate surface area is 101 Å². The van der Waals surface area contributed by atoms with E-state index in [2.05, 4.69) is 0 Å². The minimum Gasteiger partial charge on any atom is -0.342 e. The Balaban J connectivity index is 1.90. The number of hydrogen-bond acceptors (Lipinski definition) is 3. The van der Waals surface area contributed by atoms with Crippen LogP contribution in [0.1, 0.15) is 26.2 Å². The van der Waals surface area contributed by atoms with Gasteiger partial charge in [-0.2, -0.15) is 8.42 Å². The van der Waals surface area contributed by atoms with Crippen LogP contribution in [0.25, 0.3) is 0 Å². The lowest BCUT2D eigenvalue weighted by Gasteiger charge is -2.32. The molecule has 0 aromatic rings. The average Bonchev–Trinajstić information content (AvgIpc) is 2.92. The fraction of sp³-hybridized carbons (Fsp3) is 0.909. The van der Waals surface area contributed by atoms with E-state index in [0.717, 1.165) is 12.8 Å². The van der Waals surface area contributed by atoms with E-state index in [9.17, 15) is 17.1 Å². The van der Waals surface area contributed by atoms with Crippen LogP contribution < -0.4 is 0 Å². The Hall–Kier alpha value is -0.650. The molecule has 1 aliphatic carbocycles. The summed E-state index contributed by atoms with van der Waals surface area (Å²) in [5, 5.41) is 0. The van der Waals surface area contributed by atoms with E-state index >= 15 is 0 Å². The molecule has 3 unspecified atom stereocenters. The second-order valence-corrected chi connectivity index (χ2v) is 6.73. The van der Waals surface area contributed by atoms with Crippen molar-refractivity contribution in [3.8, 4) is 0 Å².